The van der Waals surface area contributed by atoms with Crippen LogP contribution in [0.1, 0.15) is 49.6 Å². The van der Waals surface area contributed by atoms with Gasteiger partial charge in [-0.3, -0.25) is 4.40 Å². The molecule has 3 heterocycles. The van der Waals surface area contributed by atoms with Gasteiger partial charge in [-0.1, -0.05) is 37.3 Å². The standard InChI is InChI=1S/C23H25F3N4/c1-22(17-5-3-2-4-6-17)10-13-29(14-11-22)18-9-12-30-19(15-16-7-8-16)27-28-21(30)20(18)23(24,25)26/h2-6,9,12,16H,7-8,10-11,13-15H2,1H3. The fourth-order valence-corrected chi connectivity index (χ4v) is 4.62. The molecule has 158 valence electrons. The summed E-state index contributed by atoms with van der Waals surface area (Å²) in [6.45, 7) is 3.36. The molecule has 30 heavy (non-hydrogen) atoms. The van der Waals surface area contributed by atoms with E-state index in [4.69, 9.17) is 0 Å². The number of anilines is 1. The summed E-state index contributed by atoms with van der Waals surface area (Å²) in [6, 6.07) is 11.9. The van der Waals surface area contributed by atoms with Crippen molar-refractivity contribution in [3.05, 3.63) is 59.5 Å². The molecule has 1 aromatic carbocycles. The number of benzene rings is 1. The molecule has 0 amide bonds. The molecule has 1 aliphatic heterocycles. The summed E-state index contributed by atoms with van der Waals surface area (Å²) >= 11 is 0. The number of pyridine rings is 1. The Bertz CT molecular complexity index is 1050. The van der Waals surface area contributed by atoms with E-state index in [9.17, 15) is 13.2 Å². The maximum atomic E-state index is 14.1. The molecular weight excluding hydrogens is 389 g/mol. The third-order valence-electron chi connectivity index (χ3n) is 6.76. The average Bonchev–Trinajstić information content (AvgIpc) is 3.46. The van der Waals surface area contributed by atoms with Crippen LogP contribution in [-0.4, -0.2) is 27.7 Å². The van der Waals surface area contributed by atoms with Gasteiger partial charge < -0.3 is 4.90 Å². The molecule has 1 saturated heterocycles. The first-order chi connectivity index (χ1) is 14.4. The molecule has 5 rings (SSSR count). The fraction of sp³-hybridized carbons (Fsp3) is 0.478. The monoisotopic (exact) mass is 414 g/mol. The molecule has 0 spiro atoms. The second-order valence-electron chi connectivity index (χ2n) is 8.94. The third kappa shape index (κ3) is 3.44. The highest BCUT2D eigenvalue weighted by Crippen LogP contribution is 2.43. The van der Waals surface area contributed by atoms with Gasteiger partial charge in [0.05, 0.1) is 5.69 Å². The van der Waals surface area contributed by atoms with Crippen LogP contribution in [0.25, 0.3) is 5.65 Å². The lowest BCUT2D eigenvalue weighted by atomic mass is 9.74. The summed E-state index contributed by atoms with van der Waals surface area (Å²) < 4.78 is 43.9. The van der Waals surface area contributed by atoms with Crippen LogP contribution < -0.4 is 4.90 Å². The van der Waals surface area contributed by atoms with Crippen molar-refractivity contribution < 1.29 is 13.2 Å². The smallest absolute Gasteiger partial charge is 0.371 e. The normalized spacial score (nSPS) is 19.4. The summed E-state index contributed by atoms with van der Waals surface area (Å²) in [5.74, 6) is 1.16. The molecule has 4 nitrogen and oxygen atoms in total. The molecule has 7 heteroatoms. The fourth-order valence-electron chi connectivity index (χ4n) is 4.62. The van der Waals surface area contributed by atoms with Crippen molar-refractivity contribution in [2.24, 2.45) is 5.92 Å². The van der Waals surface area contributed by atoms with Gasteiger partial charge in [-0.15, -0.1) is 10.2 Å². The molecule has 0 atom stereocenters. The predicted molar refractivity (Wildman–Crippen MR) is 110 cm³/mol. The molecular formula is C23H25F3N4. The van der Waals surface area contributed by atoms with Gasteiger partial charge in [0.15, 0.2) is 5.65 Å². The third-order valence-corrected chi connectivity index (χ3v) is 6.76. The topological polar surface area (TPSA) is 33.4 Å². The Balaban J connectivity index is 1.47. The van der Waals surface area contributed by atoms with Crippen molar-refractivity contribution >= 4 is 11.3 Å². The second kappa shape index (κ2) is 7.00. The van der Waals surface area contributed by atoms with Crippen LogP contribution in [0.5, 0.6) is 0 Å². The van der Waals surface area contributed by atoms with Gasteiger partial charge in [0.2, 0.25) is 0 Å². The van der Waals surface area contributed by atoms with Crippen molar-refractivity contribution in [2.75, 3.05) is 18.0 Å². The van der Waals surface area contributed by atoms with Gasteiger partial charge in [0.1, 0.15) is 11.4 Å². The van der Waals surface area contributed by atoms with Crippen LogP contribution in [-0.2, 0) is 18.0 Å². The lowest BCUT2D eigenvalue weighted by molar-refractivity contribution is -0.136. The molecule has 2 fully saturated rings. The van der Waals surface area contributed by atoms with E-state index in [1.54, 1.807) is 12.3 Å². The zero-order valence-electron chi connectivity index (χ0n) is 17.0. The first-order valence-corrected chi connectivity index (χ1v) is 10.6. The Hall–Kier alpha value is -2.57. The number of alkyl halides is 3. The average molecular weight is 414 g/mol. The molecule has 0 N–H and O–H groups in total. The van der Waals surface area contributed by atoms with Gasteiger partial charge in [0.25, 0.3) is 0 Å². The van der Waals surface area contributed by atoms with Crippen molar-refractivity contribution in [1.82, 2.24) is 14.6 Å². The maximum absolute atomic E-state index is 14.1. The number of halogens is 3. The van der Waals surface area contributed by atoms with Crippen LogP contribution in [0.2, 0.25) is 0 Å². The Labute approximate surface area is 173 Å². The minimum Gasteiger partial charge on any atom is -0.371 e. The lowest BCUT2D eigenvalue weighted by Crippen LogP contribution is -2.41. The maximum Gasteiger partial charge on any atom is 0.422 e. The quantitative estimate of drug-likeness (QED) is 0.584. The summed E-state index contributed by atoms with van der Waals surface area (Å²) in [5, 5.41) is 8.06. The van der Waals surface area contributed by atoms with E-state index in [2.05, 4.69) is 29.3 Å². The van der Waals surface area contributed by atoms with E-state index in [-0.39, 0.29) is 16.7 Å². The second-order valence-corrected chi connectivity index (χ2v) is 8.94. The van der Waals surface area contributed by atoms with Gasteiger partial charge >= 0.3 is 6.18 Å². The first-order valence-electron chi connectivity index (χ1n) is 10.6. The largest absolute Gasteiger partial charge is 0.422 e. The zero-order chi connectivity index (χ0) is 20.9. The Morgan fingerprint density at radius 1 is 1.03 bits per heavy atom. The Kier molecular flexibility index (Phi) is 4.52. The van der Waals surface area contributed by atoms with E-state index in [0.29, 0.717) is 31.3 Å². The molecule has 2 aromatic heterocycles. The van der Waals surface area contributed by atoms with Crippen LogP contribution >= 0.6 is 0 Å². The highest BCUT2D eigenvalue weighted by molar-refractivity contribution is 5.67. The van der Waals surface area contributed by atoms with E-state index < -0.39 is 11.7 Å². The van der Waals surface area contributed by atoms with Gasteiger partial charge in [-0.05, 0) is 48.6 Å². The van der Waals surface area contributed by atoms with E-state index in [1.807, 2.05) is 23.1 Å². The summed E-state index contributed by atoms with van der Waals surface area (Å²) in [5.41, 5.74) is 0.704. The number of piperidine rings is 1. The van der Waals surface area contributed by atoms with Crippen LogP contribution in [0, 0.1) is 5.92 Å². The van der Waals surface area contributed by atoms with Crippen molar-refractivity contribution in [1.29, 1.82) is 0 Å². The molecule has 3 aromatic rings. The summed E-state index contributed by atoms with van der Waals surface area (Å²) in [4.78, 5) is 1.86. The van der Waals surface area contributed by atoms with Crippen LogP contribution in [0.3, 0.4) is 0 Å². The molecule has 0 unspecified atom stereocenters. The highest BCUT2D eigenvalue weighted by Gasteiger charge is 2.41. The summed E-state index contributed by atoms with van der Waals surface area (Å²) in [7, 11) is 0. The molecule has 0 radical (unpaired) electrons. The summed E-state index contributed by atoms with van der Waals surface area (Å²) in [6.07, 6.45) is 1.76. The number of rotatable bonds is 4. The molecule has 1 aliphatic carbocycles. The van der Waals surface area contributed by atoms with Gasteiger partial charge in [-0.25, -0.2) is 0 Å². The van der Waals surface area contributed by atoms with Gasteiger partial charge in [-0.2, -0.15) is 13.2 Å². The number of fused-ring (bicyclic) bond motifs is 1. The number of hydrogen-bond donors (Lipinski definition) is 0. The molecule has 1 saturated carbocycles. The minimum absolute atomic E-state index is 0.0213. The SMILES string of the molecule is CC1(c2ccccc2)CCN(c2ccn3c(CC4CC4)nnc3c2C(F)(F)F)CC1. The van der Waals surface area contributed by atoms with Gasteiger partial charge in [0, 0.05) is 25.7 Å². The van der Waals surface area contributed by atoms with Crippen molar-refractivity contribution in [3.63, 3.8) is 0 Å². The number of nitrogens with zero attached hydrogens (tertiary/aromatic N) is 4. The van der Waals surface area contributed by atoms with Crippen LogP contribution in [0.4, 0.5) is 18.9 Å². The van der Waals surface area contributed by atoms with Crippen molar-refractivity contribution in [2.45, 2.75) is 50.6 Å². The van der Waals surface area contributed by atoms with E-state index in [0.717, 1.165) is 25.7 Å². The van der Waals surface area contributed by atoms with Crippen LogP contribution in [0.15, 0.2) is 42.6 Å². The number of aromatic nitrogens is 3. The molecule has 2 aliphatic rings. The number of hydrogen-bond acceptors (Lipinski definition) is 3. The lowest BCUT2D eigenvalue weighted by Gasteiger charge is -2.41. The van der Waals surface area contributed by atoms with E-state index in [1.165, 1.54) is 9.96 Å². The highest BCUT2D eigenvalue weighted by atomic mass is 19.4. The molecule has 0 bridgehead atoms. The predicted octanol–water partition coefficient (Wildman–Crippen LogP) is 5.26. The Morgan fingerprint density at radius 2 is 1.73 bits per heavy atom. The van der Waals surface area contributed by atoms with Crippen molar-refractivity contribution in [3.8, 4) is 0 Å². The first kappa shape index (κ1) is 19.4. The zero-order valence-corrected chi connectivity index (χ0v) is 17.0. The minimum atomic E-state index is -4.48. The Morgan fingerprint density at radius 3 is 2.37 bits per heavy atom. The van der Waals surface area contributed by atoms with E-state index >= 15 is 0 Å².